The number of hydrogen-bond acceptors (Lipinski definition) is 6. The molecular formula is C23H37IN6O2. The van der Waals surface area contributed by atoms with Crippen LogP contribution in [0.5, 0.6) is 0 Å². The van der Waals surface area contributed by atoms with E-state index in [9.17, 15) is 0 Å². The standard InChI is InChI=1S/C23H36N6O2.HI/c1-6-19(7-2)21-10-20(31-28-21)13-27-23(24-5)26-12-18-8-9-22(25-11-18)29-14-16(3)30-17(4)15-29;/h8-11,16-17,19H,6-7,12-15H2,1-5H3,(H2,24,26,27);1H. The van der Waals surface area contributed by atoms with E-state index < -0.39 is 0 Å². The van der Waals surface area contributed by atoms with E-state index in [0.29, 0.717) is 25.0 Å². The van der Waals surface area contributed by atoms with Gasteiger partial charge in [-0.05, 0) is 38.3 Å². The minimum absolute atomic E-state index is 0. The lowest BCUT2D eigenvalue weighted by atomic mass is 9.99. The van der Waals surface area contributed by atoms with Gasteiger partial charge in [-0.25, -0.2) is 4.98 Å². The summed E-state index contributed by atoms with van der Waals surface area (Å²) in [6.07, 6.45) is 4.48. The third-order valence-corrected chi connectivity index (χ3v) is 5.65. The molecule has 1 aliphatic heterocycles. The van der Waals surface area contributed by atoms with Gasteiger partial charge in [-0.3, -0.25) is 4.99 Å². The van der Waals surface area contributed by atoms with E-state index in [1.165, 1.54) is 0 Å². The topological polar surface area (TPSA) is 87.8 Å². The van der Waals surface area contributed by atoms with Crippen molar-refractivity contribution in [3.05, 3.63) is 41.4 Å². The van der Waals surface area contributed by atoms with Gasteiger partial charge in [-0.1, -0.05) is 25.1 Å². The van der Waals surface area contributed by atoms with Gasteiger partial charge in [0, 0.05) is 44.9 Å². The average Bonchev–Trinajstić information content (AvgIpc) is 3.23. The molecule has 0 aliphatic carbocycles. The van der Waals surface area contributed by atoms with Crippen molar-refractivity contribution in [1.29, 1.82) is 0 Å². The van der Waals surface area contributed by atoms with Gasteiger partial charge in [0.2, 0.25) is 0 Å². The lowest BCUT2D eigenvalue weighted by Crippen LogP contribution is -2.45. The van der Waals surface area contributed by atoms with Crippen LogP contribution in [0.4, 0.5) is 5.82 Å². The molecule has 0 spiro atoms. The highest BCUT2D eigenvalue weighted by Gasteiger charge is 2.23. The largest absolute Gasteiger partial charge is 0.372 e. The molecule has 3 heterocycles. The molecule has 1 fully saturated rings. The number of rotatable bonds is 8. The Morgan fingerprint density at radius 3 is 2.44 bits per heavy atom. The maximum atomic E-state index is 5.81. The normalized spacial score (nSPS) is 19.1. The zero-order valence-corrected chi connectivity index (χ0v) is 22.1. The first-order valence-electron chi connectivity index (χ1n) is 11.3. The summed E-state index contributed by atoms with van der Waals surface area (Å²) in [5, 5.41) is 10.8. The summed E-state index contributed by atoms with van der Waals surface area (Å²) in [5.41, 5.74) is 2.12. The van der Waals surface area contributed by atoms with Crippen LogP contribution < -0.4 is 15.5 Å². The van der Waals surface area contributed by atoms with Gasteiger partial charge in [-0.15, -0.1) is 24.0 Å². The van der Waals surface area contributed by atoms with Gasteiger partial charge in [0.15, 0.2) is 11.7 Å². The molecular weight excluding hydrogens is 519 g/mol. The number of nitrogens with one attached hydrogen (secondary N) is 2. The van der Waals surface area contributed by atoms with Gasteiger partial charge in [0.05, 0.1) is 24.4 Å². The molecule has 8 nitrogen and oxygen atoms in total. The Hall–Kier alpha value is -1.88. The number of aromatic nitrogens is 2. The van der Waals surface area contributed by atoms with Gasteiger partial charge >= 0.3 is 0 Å². The van der Waals surface area contributed by atoms with Crippen LogP contribution in [-0.4, -0.2) is 48.4 Å². The molecule has 0 bridgehead atoms. The molecule has 1 aliphatic rings. The molecule has 2 unspecified atom stereocenters. The molecule has 2 aromatic heterocycles. The quantitative estimate of drug-likeness (QED) is 0.288. The summed E-state index contributed by atoms with van der Waals surface area (Å²) in [6, 6.07) is 6.21. The monoisotopic (exact) mass is 556 g/mol. The fraction of sp³-hybridized carbons (Fsp3) is 0.609. The average molecular weight is 556 g/mol. The van der Waals surface area contributed by atoms with Gasteiger partial charge < -0.3 is 24.8 Å². The lowest BCUT2D eigenvalue weighted by molar-refractivity contribution is -0.00545. The first-order chi connectivity index (χ1) is 15.0. The Morgan fingerprint density at radius 1 is 1.16 bits per heavy atom. The third-order valence-electron chi connectivity index (χ3n) is 5.65. The summed E-state index contributed by atoms with van der Waals surface area (Å²) in [6.45, 7) is 11.5. The summed E-state index contributed by atoms with van der Waals surface area (Å²) >= 11 is 0. The number of guanidine groups is 1. The minimum atomic E-state index is 0. The predicted octanol–water partition coefficient (Wildman–Crippen LogP) is 4.07. The Balaban J connectivity index is 0.00000363. The highest BCUT2D eigenvalue weighted by molar-refractivity contribution is 14.0. The fourth-order valence-electron chi connectivity index (χ4n) is 3.96. The molecule has 2 aromatic rings. The molecule has 2 atom stereocenters. The van der Waals surface area contributed by atoms with Crippen LogP contribution in [0.15, 0.2) is 33.9 Å². The number of aliphatic imine (C=N–C) groups is 1. The van der Waals surface area contributed by atoms with Crippen molar-refractivity contribution >= 4 is 35.8 Å². The highest BCUT2D eigenvalue weighted by Crippen LogP contribution is 2.22. The van der Waals surface area contributed by atoms with Crippen molar-refractivity contribution in [2.75, 3.05) is 25.0 Å². The first-order valence-corrected chi connectivity index (χ1v) is 11.3. The fourth-order valence-corrected chi connectivity index (χ4v) is 3.96. The number of halogens is 1. The van der Waals surface area contributed by atoms with E-state index in [0.717, 1.165) is 48.8 Å². The number of morpholine rings is 1. The van der Waals surface area contributed by atoms with Crippen molar-refractivity contribution < 1.29 is 9.26 Å². The van der Waals surface area contributed by atoms with E-state index in [2.05, 4.69) is 70.5 Å². The van der Waals surface area contributed by atoms with Crippen molar-refractivity contribution in [3.63, 3.8) is 0 Å². The molecule has 0 amide bonds. The van der Waals surface area contributed by atoms with Crippen LogP contribution in [0, 0.1) is 0 Å². The van der Waals surface area contributed by atoms with Crippen LogP contribution in [0.3, 0.4) is 0 Å². The number of anilines is 1. The molecule has 9 heteroatoms. The van der Waals surface area contributed by atoms with E-state index in [4.69, 9.17) is 9.26 Å². The minimum Gasteiger partial charge on any atom is -0.372 e. The number of pyridine rings is 1. The SMILES string of the molecule is CCC(CC)c1cc(CNC(=NC)NCc2ccc(N3CC(C)OC(C)C3)nc2)on1.I. The number of hydrogen-bond donors (Lipinski definition) is 2. The predicted molar refractivity (Wildman–Crippen MR) is 139 cm³/mol. The Morgan fingerprint density at radius 2 is 1.84 bits per heavy atom. The summed E-state index contributed by atoms with van der Waals surface area (Å²) in [7, 11) is 1.76. The molecule has 3 rings (SSSR count). The van der Waals surface area contributed by atoms with Crippen LogP contribution in [0.1, 0.15) is 63.5 Å². The smallest absolute Gasteiger partial charge is 0.191 e. The van der Waals surface area contributed by atoms with Crippen molar-refractivity contribution in [1.82, 2.24) is 20.8 Å². The zero-order chi connectivity index (χ0) is 22.2. The zero-order valence-electron chi connectivity index (χ0n) is 19.8. The Labute approximate surface area is 208 Å². The Bertz CT molecular complexity index is 827. The molecule has 0 aromatic carbocycles. The maximum Gasteiger partial charge on any atom is 0.191 e. The molecule has 32 heavy (non-hydrogen) atoms. The van der Waals surface area contributed by atoms with E-state index >= 15 is 0 Å². The number of ether oxygens (including phenoxy) is 1. The van der Waals surface area contributed by atoms with Crippen molar-refractivity contribution in [2.24, 2.45) is 4.99 Å². The summed E-state index contributed by atoms with van der Waals surface area (Å²) in [4.78, 5) is 11.2. The first kappa shape index (κ1) is 26.4. The van der Waals surface area contributed by atoms with Gasteiger partial charge in [0.25, 0.3) is 0 Å². The highest BCUT2D eigenvalue weighted by atomic mass is 127. The number of nitrogens with zero attached hydrogens (tertiary/aromatic N) is 4. The molecule has 178 valence electrons. The Kier molecular flexibility index (Phi) is 10.7. The third kappa shape index (κ3) is 7.33. The van der Waals surface area contributed by atoms with E-state index in [1.54, 1.807) is 7.05 Å². The lowest BCUT2D eigenvalue weighted by Gasteiger charge is -2.36. The van der Waals surface area contributed by atoms with Gasteiger partial charge in [-0.2, -0.15) is 0 Å². The summed E-state index contributed by atoms with van der Waals surface area (Å²) in [5.74, 6) is 2.96. The van der Waals surface area contributed by atoms with E-state index in [1.807, 2.05) is 12.3 Å². The second-order valence-corrected chi connectivity index (χ2v) is 8.20. The second kappa shape index (κ2) is 13.0. The molecule has 2 N–H and O–H groups in total. The summed E-state index contributed by atoms with van der Waals surface area (Å²) < 4.78 is 11.3. The second-order valence-electron chi connectivity index (χ2n) is 8.20. The van der Waals surface area contributed by atoms with Crippen molar-refractivity contribution in [3.8, 4) is 0 Å². The van der Waals surface area contributed by atoms with E-state index in [-0.39, 0.29) is 36.2 Å². The van der Waals surface area contributed by atoms with Crippen LogP contribution in [-0.2, 0) is 17.8 Å². The maximum absolute atomic E-state index is 5.81. The molecule has 0 radical (unpaired) electrons. The van der Waals surface area contributed by atoms with Crippen molar-refractivity contribution in [2.45, 2.75) is 71.8 Å². The molecule has 1 saturated heterocycles. The van der Waals surface area contributed by atoms with Crippen LogP contribution >= 0.6 is 24.0 Å². The molecule has 0 saturated carbocycles. The van der Waals surface area contributed by atoms with Crippen LogP contribution in [0.2, 0.25) is 0 Å². The van der Waals surface area contributed by atoms with Gasteiger partial charge in [0.1, 0.15) is 5.82 Å². The van der Waals surface area contributed by atoms with Crippen LogP contribution in [0.25, 0.3) is 0 Å².